The highest BCUT2D eigenvalue weighted by molar-refractivity contribution is 7.89. The van der Waals surface area contributed by atoms with Crippen molar-refractivity contribution in [2.24, 2.45) is 0 Å². The van der Waals surface area contributed by atoms with E-state index >= 15 is 0 Å². The SMILES string of the molecule is Cc1ccc(S(=O)(=O)N2CCOC3(CCN(C(=O)OC(C)(C)C)CC3)C2)cc1. The molecule has 0 N–H and O–H groups in total. The second-order valence-corrected chi connectivity index (χ2v) is 10.6. The molecule has 156 valence electrons. The van der Waals surface area contributed by atoms with E-state index in [-0.39, 0.29) is 6.09 Å². The molecule has 2 saturated heterocycles. The molecule has 0 radical (unpaired) electrons. The van der Waals surface area contributed by atoms with Crippen molar-refractivity contribution in [3.8, 4) is 0 Å². The lowest BCUT2D eigenvalue weighted by molar-refractivity contribution is -0.118. The molecule has 8 heteroatoms. The zero-order valence-corrected chi connectivity index (χ0v) is 17.9. The number of morpholine rings is 1. The van der Waals surface area contributed by atoms with Gasteiger partial charge in [0, 0.05) is 26.2 Å². The average Bonchev–Trinajstić information content (AvgIpc) is 2.61. The molecule has 3 rings (SSSR count). The highest BCUT2D eigenvalue weighted by atomic mass is 32.2. The maximum Gasteiger partial charge on any atom is 0.410 e. The van der Waals surface area contributed by atoms with Gasteiger partial charge < -0.3 is 14.4 Å². The van der Waals surface area contributed by atoms with E-state index in [2.05, 4.69) is 0 Å². The lowest BCUT2D eigenvalue weighted by Crippen LogP contribution is -2.58. The maximum absolute atomic E-state index is 13.0. The van der Waals surface area contributed by atoms with Gasteiger partial charge in [-0.1, -0.05) is 17.7 Å². The van der Waals surface area contributed by atoms with Crippen molar-refractivity contribution >= 4 is 16.1 Å². The predicted molar refractivity (Wildman–Crippen MR) is 106 cm³/mol. The molecule has 2 fully saturated rings. The topological polar surface area (TPSA) is 76.2 Å². The van der Waals surface area contributed by atoms with E-state index in [1.165, 1.54) is 4.31 Å². The molecule has 2 heterocycles. The number of carbonyl (C=O) groups excluding carboxylic acids is 1. The van der Waals surface area contributed by atoms with Crippen LogP contribution in [0.5, 0.6) is 0 Å². The van der Waals surface area contributed by atoms with Crippen LogP contribution in [0.1, 0.15) is 39.2 Å². The van der Waals surface area contributed by atoms with E-state index in [4.69, 9.17) is 9.47 Å². The Morgan fingerprint density at radius 1 is 1.11 bits per heavy atom. The Bertz CT molecular complexity index is 806. The van der Waals surface area contributed by atoms with Gasteiger partial charge in [0.25, 0.3) is 0 Å². The van der Waals surface area contributed by atoms with E-state index in [0.717, 1.165) is 5.56 Å². The Hall–Kier alpha value is -1.64. The summed E-state index contributed by atoms with van der Waals surface area (Å²) in [6, 6.07) is 6.92. The molecule has 0 aliphatic carbocycles. The van der Waals surface area contributed by atoms with Crippen molar-refractivity contribution in [3.05, 3.63) is 29.8 Å². The van der Waals surface area contributed by atoms with Crippen LogP contribution in [-0.4, -0.2) is 67.7 Å². The van der Waals surface area contributed by atoms with Crippen LogP contribution >= 0.6 is 0 Å². The fourth-order valence-corrected chi connectivity index (χ4v) is 5.10. The fraction of sp³-hybridized carbons (Fsp3) is 0.650. The average molecular weight is 411 g/mol. The Kier molecular flexibility index (Phi) is 5.76. The molecular formula is C20H30N2O5S. The normalized spacial score (nSPS) is 20.9. The molecule has 1 amide bonds. The number of sulfonamides is 1. The maximum atomic E-state index is 13.0. The first-order valence-electron chi connectivity index (χ1n) is 9.70. The minimum absolute atomic E-state index is 0.307. The number of hydrogen-bond donors (Lipinski definition) is 0. The number of piperidine rings is 1. The van der Waals surface area contributed by atoms with Gasteiger partial charge in [0.2, 0.25) is 10.0 Å². The fourth-order valence-electron chi connectivity index (χ4n) is 3.60. The van der Waals surface area contributed by atoms with Crippen molar-refractivity contribution in [1.29, 1.82) is 0 Å². The Balaban J connectivity index is 1.67. The second-order valence-electron chi connectivity index (χ2n) is 8.65. The summed E-state index contributed by atoms with van der Waals surface area (Å²) in [6.45, 7) is 9.45. The standard InChI is InChI=1S/C20H30N2O5S/c1-16-5-7-17(8-6-16)28(24,25)22-13-14-26-20(15-22)9-11-21(12-10-20)18(23)27-19(2,3)4/h5-8H,9-15H2,1-4H3. The number of ether oxygens (including phenoxy) is 2. The molecular weight excluding hydrogens is 380 g/mol. The zero-order chi connectivity index (χ0) is 20.6. The number of amides is 1. The van der Waals surface area contributed by atoms with Crippen molar-refractivity contribution < 1.29 is 22.7 Å². The van der Waals surface area contributed by atoms with E-state index in [0.29, 0.717) is 50.5 Å². The van der Waals surface area contributed by atoms with Crippen LogP contribution in [0, 0.1) is 6.92 Å². The molecule has 1 spiro atoms. The third-order valence-electron chi connectivity index (χ3n) is 5.20. The highest BCUT2D eigenvalue weighted by Gasteiger charge is 2.44. The third kappa shape index (κ3) is 4.67. The van der Waals surface area contributed by atoms with Crippen LogP contribution < -0.4 is 0 Å². The molecule has 0 atom stereocenters. The van der Waals surface area contributed by atoms with Crippen LogP contribution in [0.4, 0.5) is 4.79 Å². The van der Waals surface area contributed by atoms with Crippen LogP contribution in [-0.2, 0) is 19.5 Å². The van der Waals surface area contributed by atoms with Crippen LogP contribution in [0.3, 0.4) is 0 Å². The highest BCUT2D eigenvalue weighted by Crippen LogP contribution is 2.33. The number of benzene rings is 1. The van der Waals surface area contributed by atoms with Crippen LogP contribution in [0.15, 0.2) is 29.2 Å². The molecule has 1 aromatic rings. The molecule has 2 aliphatic heterocycles. The van der Waals surface area contributed by atoms with Crippen LogP contribution in [0.25, 0.3) is 0 Å². The summed E-state index contributed by atoms with van der Waals surface area (Å²) in [6.07, 6.45) is 0.848. The quantitative estimate of drug-likeness (QED) is 0.749. The molecule has 0 unspecified atom stereocenters. The van der Waals surface area contributed by atoms with Crippen molar-refractivity contribution in [3.63, 3.8) is 0 Å². The van der Waals surface area contributed by atoms with Crippen molar-refractivity contribution in [1.82, 2.24) is 9.21 Å². The van der Waals surface area contributed by atoms with Gasteiger partial charge in [-0.3, -0.25) is 0 Å². The summed E-state index contributed by atoms with van der Waals surface area (Å²) >= 11 is 0. The molecule has 0 saturated carbocycles. The van der Waals surface area contributed by atoms with Gasteiger partial charge in [0.05, 0.1) is 17.1 Å². The van der Waals surface area contributed by atoms with Gasteiger partial charge in [0.1, 0.15) is 5.60 Å². The Morgan fingerprint density at radius 2 is 1.71 bits per heavy atom. The van der Waals surface area contributed by atoms with Gasteiger partial charge >= 0.3 is 6.09 Å². The van der Waals surface area contributed by atoms with Gasteiger partial charge in [-0.2, -0.15) is 4.31 Å². The number of carbonyl (C=O) groups is 1. The molecule has 2 aliphatic rings. The Morgan fingerprint density at radius 3 is 2.29 bits per heavy atom. The van der Waals surface area contributed by atoms with Gasteiger partial charge in [-0.05, 0) is 52.7 Å². The number of rotatable bonds is 2. The van der Waals surface area contributed by atoms with Gasteiger partial charge in [-0.25, -0.2) is 13.2 Å². The number of aryl methyl sites for hydroxylation is 1. The first-order valence-corrected chi connectivity index (χ1v) is 11.1. The first-order chi connectivity index (χ1) is 13.0. The zero-order valence-electron chi connectivity index (χ0n) is 17.1. The number of hydrogen-bond acceptors (Lipinski definition) is 5. The molecule has 0 aromatic heterocycles. The summed E-state index contributed by atoms with van der Waals surface area (Å²) in [5, 5.41) is 0. The number of nitrogens with zero attached hydrogens (tertiary/aromatic N) is 2. The van der Waals surface area contributed by atoms with Crippen molar-refractivity contribution in [2.75, 3.05) is 32.8 Å². The van der Waals surface area contributed by atoms with E-state index in [1.807, 2.05) is 39.8 Å². The molecule has 0 bridgehead atoms. The van der Waals surface area contributed by atoms with Gasteiger partial charge in [0.15, 0.2) is 0 Å². The molecule has 1 aromatic carbocycles. The molecule has 28 heavy (non-hydrogen) atoms. The predicted octanol–water partition coefficient (Wildman–Crippen LogP) is 2.79. The van der Waals surface area contributed by atoms with Crippen LogP contribution in [0.2, 0.25) is 0 Å². The van der Waals surface area contributed by atoms with E-state index < -0.39 is 21.2 Å². The number of likely N-dealkylation sites (tertiary alicyclic amines) is 1. The van der Waals surface area contributed by atoms with Crippen molar-refractivity contribution in [2.45, 2.75) is 56.6 Å². The first kappa shape index (κ1) is 21.1. The summed E-state index contributed by atoms with van der Waals surface area (Å²) in [7, 11) is -3.56. The van der Waals surface area contributed by atoms with E-state index in [9.17, 15) is 13.2 Å². The summed E-state index contributed by atoms with van der Waals surface area (Å²) in [5.74, 6) is 0. The lowest BCUT2D eigenvalue weighted by Gasteiger charge is -2.46. The van der Waals surface area contributed by atoms with Gasteiger partial charge in [-0.15, -0.1) is 0 Å². The largest absolute Gasteiger partial charge is 0.444 e. The lowest BCUT2D eigenvalue weighted by atomic mass is 9.90. The minimum atomic E-state index is -3.56. The Labute approximate surface area is 167 Å². The third-order valence-corrected chi connectivity index (χ3v) is 7.06. The smallest absolute Gasteiger partial charge is 0.410 e. The summed E-state index contributed by atoms with van der Waals surface area (Å²) in [5.41, 5.74) is -0.0621. The van der Waals surface area contributed by atoms with E-state index in [1.54, 1.807) is 17.0 Å². The second kappa shape index (κ2) is 7.65. The summed E-state index contributed by atoms with van der Waals surface area (Å²) in [4.78, 5) is 14.3. The molecule has 7 nitrogen and oxygen atoms in total. The minimum Gasteiger partial charge on any atom is -0.444 e. The summed E-state index contributed by atoms with van der Waals surface area (Å²) < 4.78 is 39.1. The monoisotopic (exact) mass is 410 g/mol.